The van der Waals surface area contributed by atoms with Crippen molar-refractivity contribution < 1.29 is 19.4 Å². The Hall–Kier alpha value is -4.22. The number of carbonyl (C=O) groups excluding carboxylic acids is 2. The second-order valence-electron chi connectivity index (χ2n) is 9.63. The smallest absolute Gasteiger partial charge is 0.301 e. The van der Waals surface area contributed by atoms with Crippen LogP contribution < -0.4 is 9.64 Å². The minimum Gasteiger partial charge on any atom is -0.507 e. The van der Waals surface area contributed by atoms with Crippen LogP contribution in [-0.2, 0) is 21.9 Å². The zero-order valence-electron chi connectivity index (χ0n) is 22.8. The average Bonchev–Trinajstić information content (AvgIpc) is 3.62. The molecule has 12 heteroatoms. The van der Waals surface area contributed by atoms with E-state index >= 15 is 0 Å². The number of nitrogens with zero attached hydrogens (tertiary/aromatic N) is 4. The van der Waals surface area contributed by atoms with Crippen LogP contribution in [0.1, 0.15) is 28.3 Å². The van der Waals surface area contributed by atoms with E-state index in [9.17, 15) is 14.7 Å². The summed E-state index contributed by atoms with van der Waals surface area (Å²) < 4.78 is 6.61. The fourth-order valence-corrected chi connectivity index (χ4v) is 7.09. The Morgan fingerprint density at radius 1 is 0.955 bits per heavy atom. The quantitative estimate of drug-likeness (QED) is 0.0563. The molecule has 1 fully saturated rings. The van der Waals surface area contributed by atoms with Crippen LogP contribution in [0.3, 0.4) is 0 Å². The van der Waals surface area contributed by atoms with Crippen molar-refractivity contribution >= 4 is 68.9 Å². The number of Topliss-reactive ketones (excluding diaryl/α,β-unsaturated/α-hetero) is 1. The maximum absolute atomic E-state index is 13.6. The number of ketones is 1. The molecule has 0 saturated carbocycles. The van der Waals surface area contributed by atoms with Gasteiger partial charge < -0.3 is 9.84 Å². The number of carbonyl (C=O) groups is 2. The molecule has 44 heavy (non-hydrogen) atoms. The van der Waals surface area contributed by atoms with E-state index in [1.54, 1.807) is 48.5 Å². The Morgan fingerprint density at radius 2 is 1.75 bits per heavy atom. The van der Waals surface area contributed by atoms with Crippen LogP contribution in [0, 0.1) is 0 Å². The maximum atomic E-state index is 13.6. The largest absolute Gasteiger partial charge is 0.507 e. The summed E-state index contributed by atoms with van der Waals surface area (Å²) in [6.07, 6.45) is 3.00. The van der Waals surface area contributed by atoms with Crippen molar-refractivity contribution in [2.75, 3.05) is 4.90 Å². The number of halogens is 2. The van der Waals surface area contributed by atoms with Gasteiger partial charge in [0.2, 0.25) is 5.13 Å². The van der Waals surface area contributed by atoms with Gasteiger partial charge >= 0.3 is 5.91 Å². The zero-order valence-corrected chi connectivity index (χ0v) is 25.9. The first kappa shape index (κ1) is 29.8. The van der Waals surface area contributed by atoms with E-state index in [1.807, 2.05) is 36.4 Å². The fourth-order valence-electron chi connectivity index (χ4n) is 4.66. The lowest BCUT2D eigenvalue weighted by molar-refractivity contribution is -0.132. The lowest BCUT2D eigenvalue weighted by atomic mass is 9.95. The van der Waals surface area contributed by atoms with E-state index in [1.165, 1.54) is 29.1 Å². The predicted octanol–water partition coefficient (Wildman–Crippen LogP) is 7.74. The first-order chi connectivity index (χ1) is 21.4. The van der Waals surface area contributed by atoms with E-state index in [0.29, 0.717) is 43.6 Å². The van der Waals surface area contributed by atoms with E-state index in [0.717, 1.165) is 22.5 Å². The summed E-state index contributed by atoms with van der Waals surface area (Å²) >= 11 is 14.9. The Labute approximate surface area is 271 Å². The standard InChI is InChI=1S/C32H22Cl2N4O4S2/c33-23-10-9-22(25(34)16-23)18-43-32-37-36-31(44-32)38-27(26(29(40)30(38)41)28(39)20-11-13-35-14-12-20)21-7-4-8-24(15-21)42-17-19-5-2-1-3-6-19/h1-16,27,39H,17-18H2. The highest BCUT2D eigenvalue weighted by Crippen LogP contribution is 2.44. The third kappa shape index (κ3) is 6.34. The number of anilines is 1. The summed E-state index contributed by atoms with van der Waals surface area (Å²) in [6, 6.07) is 24.2. The second-order valence-corrected chi connectivity index (χ2v) is 12.6. The molecule has 1 aliphatic rings. The number of hydrogen-bond donors (Lipinski definition) is 1. The molecular formula is C32H22Cl2N4O4S2. The number of ether oxygens (including phenoxy) is 1. The molecule has 2 aromatic heterocycles. The molecule has 3 aromatic carbocycles. The third-order valence-corrected chi connectivity index (χ3v) is 9.48. The molecule has 220 valence electrons. The zero-order chi connectivity index (χ0) is 30.6. The molecule has 1 atom stereocenters. The van der Waals surface area contributed by atoms with Crippen molar-refractivity contribution in [3.05, 3.63) is 135 Å². The molecule has 3 heterocycles. The van der Waals surface area contributed by atoms with Gasteiger partial charge in [-0.3, -0.25) is 19.5 Å². The summed E-state index contributed by atoms with van der Waals surface area (Å²) in [5.74, 6) is -0.943. The average molecular weight is 662 g/mol. The maximum Gasteiger partial charge on any atom is 0.301 e. The molecule has 1 unspecified atom stereocenters. The van der Waals surface area contributed by atoms with E-state index < -0.39 is 17.7 Å². The lowest BCUT2D eigenvalue weighted by Crippen LogP contribution is -2.29. The number of aliphatic hydroxyl groups excluding tert-OH is 1. The predicted molar refractivity (Wildman–Crippen MR) is 172 cm³/mol. The van der Waals surface area contributed by atoms with Gasteiger partial charge in [-0.15, -0.1) is 10.2 Å². The molecule has 5 aromatic rings. The Kier molecular flexibility index (Phi) is 8.94. The summed E-state index contributed by atoms with van der Waals surface area (Å²) in [5, 5.41) is 21.2. The fraction of sp³-hybridized carbons (Fsp3) is 0.0938. The van der Waals surface area contributed by atoms with Crippen molar-refractivity contribution in [2.24, 2.45) is 0 Å². The van der Waals surface area contributed by atoms with Crippen LogP contribution in [-0.4, -0.2) is 32.0 Å². The van der Waals surface area contributed by atoms with Crippen LogP contribution in [0.5, 0.6) is 5.75 Å². The number of aliphatic hydroxyl groups is 1. The summed E-state index contributed by atoms with van der Waals surface area (Å²) in [6.45, 7) is 0.329. The van der Waals surface area contributed by atoms with Crippen molar-refractivity contribution in [1.29, 1.82) is 0 Å². The second kappa shape index (κ2) is 13.2. The molecule has 1 aliphatic heterocycles. The van der Waals surface area contributed by atoms with Gasteiger partial charge in [-0.1, -0.05) is 94.8 Å². The van der Waals surface area contributed by atoms with Gasteiger partial charge in [-0.05, 0) is 53.1 Å². The van der Waals surface area contributed by atoms with Crippen LogP contribution in [0.25, 0.3) is 5.76 Å². The molecule has 0 radical (unpaired) electrons. The van der Waals surface area contributed by atoms with Gasteiger partial charge in [-0.2, -0.15) is 0 Å². The van der Waals surface area contributed by atoms with E-state index in [4.69, 9.17) is 27.9 Å². The van der Waals surface area contributed by atoms with Crippen LogP contribution in [0.4, 0.5) is 5.13 Å². The number of rotatable bonds is 9. The first-order valence-corrected chi connectivity index (χ1v) is 15.8. The van der Waals surface area contributed by atoms with Crippen molar-refractivity contribution in [2.45, 2.75) is 22.7 Å². The van der Waals surface area contributed by atoms with Crippen molar-refractivity contribution in [3.8, 4) is 5.75 Å². The minimum absolute atomic E-state index is 0.0706. The highest BCUT2D eigenvalue weighted by molar-refractivity contribution is 8.00. The summed E-state index contributed by atoms with van der Waals surface area (Å²) in [4.78, 5) is 32.4. The van der Waals surface area contributed by atoms with Crippen LogP contribution in [0.15, 0.2) is 107 Å². The Morgan fingerprint density at radius 3 is 2.52 bits per heavy atom. The number of hydrogen-bond acceptors (Lipinski definition) is 9. The van der Waals surface area contributed by atoms with Gasteiger partial charge in [0.25, 0.3) is 5.78 Å². The molecule has 6 rings (SSSR count). The van der Waals surface area contributed by atoms with Crippen molar-refractivity contribution in [3.63, 3.8) is 0 Å². The molecule has 1 saturated heterocycles. The molecule has 0 bridgehead atoms. The molecular weight excluding hydrogens is 639 g/mol. The highest BCUT2D eigenvalue weighted by atomic mass is 35.5. The van der Waals surface area contributed by atoms with Gasteiger partial charge in [0.1, 0.15) is 18.1 Å². The van der Waals surface area contributed by atoms with Crippen molar-refractivity contribution in [1.82, 2.24) is 15.2 Å². The highest BCUT2D eigenvalue weighted by Gasteiger charge is 2.48. The van der Waals surface area contributed by atoms with Gasteiger partial charge in [0, 0.05) is 33.8 Å². The topological polar surface area (TPSA) is 106 Å². The number of pyridine rings is 1. The van der Waals surface area contributed by atoms with Gasteiger partial charge in [0.05, 0.1) is 11.6 Å². The number of aromatic nitrogens is 3. The third-order valence-electron chi connectivity index (χ3n) is 6.79. The summed E-state index contributed by atoms with van der Waals surface area (Å²) in [7, 11) is 0. The van der Waals surface area contributed by atoms with Crippen LogP contribution in [0.2, 0.25) is 10.0 Å². The minimum atomic E-state index is -0.986. The number of thioether (sulfide) groups is 1. The number of benzene rings is 3. The number of amides is 1. The summed E-state index contributed by atoms with van der Waals surface area (Å²) in [5.41, 5.74) is 2.69. The SMILES string of the molecule is O=C1C(=O)N(c2nnc(SCc3ccc(Cl)cc3Cl)s2)C(c2cccc(OCc3ccccc3)c2)C1=C(O)c1ccncc1. The van der Waals surface area contributed by atoms with Crippen LogP contribution >= 0.6 is 46.3 Å². The molecule has 0 spiro atoms. The Bertz CT molecular complexity index is 1870. The normalized spacial score (nSPS) is 16.0. The van der Waals surface area contributed by atoms with E-state index in [2.05, 4.69) is 15.2 Å². The van der Waals surface area contributed by atoms with Gasteiger partial charge in [-0.25, -0.2) is 0 Å². The monoisotopic (exact) mass is 660 g/mol. The molecule has 1 N–H and O–H groups in total. The van der Waals surface area contributed by atoms with Gasteiger partial charge in [0.15, 0.2) is 4.34 Å². The first-order valence-electron chi connectivity index (χ1n) is 13.3. The Balaban J connectivity index is 1.35. The molecule has 8 nitrogen and oxygen atoms in total. The lowest BCUT2D eigenvalue weighted by Gasteiger charge is -2.23. The van der Waals surface area contributed by atoms with E-state index in [-0.39, 0.29) is 16.5 Å². The molecule has 0 aliphatic carbocycles. The molecule has 1 amide bonds.